The van der Waals surface area contributed by atoms with E-state index < -0.39 is 6.04 Å². The highest BCUT2D eigenvalue weighted by molar-refractivity contribution is 7.99. The predicted octanol–water partition coefficient (Wildman–Crippen LogP) is 3.29. The van der Waals surface area contributed by atoms with E-state index in [0.717, 1.165) is 11.1 Å². The first-order valence-corrected chi connectivity index (χ1v) is 8.78. The molecule has 0 N–H and O–H groups in total. The quantitative estimate of drug-likeness (QED) is 0.796. The molecular formula is C18H19NO4S. The molecule has 6 heteroatoms. The molecule has 0 bridgehead atoms. The SMILES string of the molecule is CC(=O)N1[C@@H](C(=O)OCc2ccccc2C)CS[C@H]1c1ccco1. The number of amides is 1. The Morgan fingerprint density at radius 3 is 2.75 bits per heavy atom. The molecule has 1 fully saturated rings. The second-order valence-corrected chi connectivity index (χ2v) is 6.79. The van der Waals surface area contributed by atoms with Crippen LogP contribution in [-0.2, 0) is 20.9 Å². The lowest BCUT2D eigenvalue weighted by Crippen LogP contribution is -2.42. The summed E-state index contributed by atoms with van der Waals surface area (Å²) in [4.78, 5) is 26.1. The van der Waals surface area contributed by atoms with Gasteiger partial charge in [-0.1, -0.05) is 24.3 Å². The standard InChI is InChI=1S/C18H19NO4S/c1-12-6-3-4-7-14(12)10-23-18(21)15-11-24-17(19(15)13(2)20)16-8-5-9-22-16/h3-9,15,17H,10-11H2,1-2H3/t15-,17+/m1/s1. The molecule has 0 unspecified atom stereocenters. The van der Waals surface area contributed by atoms with Crippen molar-refractivity contribution >= 4 is 23.6 Å². The maximum absolute atomic E-state index is 12.5. The largest absolute Gasteiger partial charge is 0.466 e. The second-order valence-electron chi connectivity index (χ2n) is 5.68. The van der Waals surface area contributed by atoms with E-state index >= 15 is 0 Å². The Hall–Kier alpha value is -2.21. The average molecular weight is 345 g/mol. The van der Waals surface area contributed by atoms with Gasteiger partial charge in [-0.15, -0.1) is 11.8 Å². The van der Waals surface area contributed by atoms with Gasteiger partial charge in [-0.2, -0.15) is 0 Å². The lowest BCUT2D eigenvalue weighted by molar-refractivity contribution is -0.154. The molecule has 2 atom stereocenters. The fourth-order valence-electron chi connectivity index (χ4n) is 2.74. The van der Waals surface area contributed by atoms with Gasteiger partial charge in [0, 0.05) is 12.7 Å². The number of carbonyl (C=O) groups excluding carboxylic acids is 2. The van der Waals surface area contributed by atoms with Gasteiger partial charge >= 0.3 is 5.97 Å². The van der Waals surface area contributed by atoms with Gasteiger partial charge in [0.2, 0.25) is 5.91 Å². The van der Waals surface area contributed by atoms with E-state index in [1.165, 1.54) is 18.7 Å². The zero-order valence-corrected chi connectivity index (χ0v) is 14.4. The summed E-state index contributed by atoms with van der Waals surface area (Å²) >= 11 is 1.51. The van der Waals surface area contributed by atoms with Crippen LogP contribution in [0, 0.1) is 6.92 Å². The van der Waals surface area contributed by atoms with Gasteiger partial charge < -0.3 is 14.1 Å². The Morgan fingerprint density at radius 1 is 1.29 bits per heavy atom. The van der Waals surface area contributed by atoms with Crippen LogP contribution in [0.5, 0.6) is 0 Å². The van der Waals surface area contributed by atoms with Crippen molar-refractivity contribution in [1.29, 1.82) is 0 Å². The number of aryl methyl sites for hydroxylation is 1. The molecule has 0 radical (unpaired) electrons. The molecule has 3 rings (SSSR count). The van der Waals surface area contributed by atoms with E-state index in [1.807, 2.05) is 37.3 Å². The molecule has 1 amide bonds. The smallest absolute Gasteiger partial charge is 0.330 e. The van der Waals surface area contributed by atoms with Crippen molar-refractivity contribution in [1.82, 2.24) is 4.90 Å². The van der Waals surface area contributed by atoms with Crippen LogP contribution in [0.1, 0.15) is 29.2 Å². The number of furan rings is 1. The Balaban J connectivity index is 1.70. The van der Waals surface area contributed by atoms with Crippen LogP contribution in [0.4, 0.5) is 0 Å². The fraction of sp³-hybridized carbons (Fsp3) is 0.333. The Labute approximate surface area is 145 Å². The van der Waals surface area contributed by atoms with Crippen molar-refractivity contribution in [2.24, 2.45) is 0 Å². The maximum Gasteiger partial charge on any atom is 0.330 e. The van der Waals surface area contributed by atoms with Gasteiger partial charge in [0.1, 0.15) is 23.8 Å². The maximum atomic E-state index is 12.5. The second kappa shape index (κ2) is 7.13. The predicted molar refractivity (Wildman–Crippen MR) is 91.2 cm³/mol. The van der Waals surface area contributed by atoms with Gasteiger partial charge in [0.25, 0.3) is 0 Å². The number of hydrogen-bond donors (Lipinski definition) is 0. The minimum Gasteiger partial charge on any atom is -0.466 e. The summed E-state index contributed by atoms with van der Waals surface area (Å²) < 4.78 is 10.9. The number of hydrogen-bond acceptors (Lipinski definition) is 5. The molecular weight excluding hydrogens is 326 g/mol. The molecule has 1 aromatic heterocycles. The molecule has 126 valence electrons. The molecule has 1 aliphatic rings. The molecule has 5 nitrogen and oxygen atoms in total. The molecule has 1 saturated heterocycles. The number of ether oxygens (including phenoxy) is 1. The molecule has 0 aliphatic carbocycles. The lowest BCUT2D eigenvalue weighted by atomic mass is 10.1. The third-order valence-corrected chi connectivity index (χ3v) is 5.34. The topological polar surface area (TPSA) is 59.8 Å². The van der Waals surface area contributed by atoms with Crippen LogP contribution in [-0.4, -0.2) is 28.6 Å². The van der Waals surface area contributed by atoms with Crippen LogP contribution in [0.2, 0.25) is 0 Å². The van der Waals surface area contributed by atoms with Crippen molar-refractivity contribution in [3.8, 4) is 0 Å². The summed E-state index contributed by atoms with van der Waals surface area (Å²) in [6.07, 6.45) is 1.57. The highest BCUT2D eigenvalue weighted by Gasteiger charge is 2.43. The number of nitrogens with zero attached hydrogens (tertiary/aromatic N) is 1. The molecule has 24 heavy (non-hydrogen) atoms. The number of rotatable bonds is 4. The van der Waals surface area contributed by atoms with Crippen molar-refractivity contribution < 1.29 is 18.7 Å². The van der Waals surface area contributed by atoms with E-state index in [1.54, 1.807) is 17.2 Å². The van der Waals surface area contributed by atoms with Gasteiger partial charge in [-0.25, -0.2) is 4.79 Å². The Bertz CT molecular complexity index is 728. The van der Waals surface area contributed by atoms with E-state index in [9.17, 15) is 9.59 Å². The van der Waals surface area contributed by atoms with E-state index in [0.29, 0.717) is 11.5 Å². The minimum absolute atomic E-state index is 0.167. The van der Waals surface area contributed by atoms with E-state index in [4.69, 9.17) is 9.15 Å². The van der Waals surface area contributed by atoms with Gasteiger partial charge in [-0.3, -0.25) is 4.79 Å². The van der Waals surface area contributed by atoms with Crippen LogP contribution >= 0.6 is 11.8 Å². The minimum atomic E-state index is -0.591. The van der Waals surface area contributed by atoms with Crippen LogP contribution < -0.4 is 0 Å². The highest BCUT2D eigenvalue weighted by atomic mass is 32.2. The van der Waals surface area contributed by atoms with E-state index in [2.05, 4.69) is 0 Å². The summed E-state index contributed by atoms with van der Waals surface area (Å²) in [5.74, 6) is 0.621. The molecule has 1 aliphatic heterocycles. The third kappa shape index (κ3) is 3.33. The average Bonchev–Trinajstić information content (AvgIpc) is 3.22. The van der Waals surface area contributed by atoms with Gasteiger partial charge in [-0.05, 0) is 30.2 Å². The number of esters is 1. The van der Waals surface area contributed by atoms with E-state index in [-0.39, 0.29) is 23.9 Å². The van der Waals surface area contributed by atoms with Crippen molar-refractivity contribution in [2.75, 3.05) is 5.75 Å². The first-order valence-electron chi connectivity index (χ1n) is 7.73. The summed E-state index contributed by atoms with van der Waals surface area (Å²) in [6, 6.07) is 10.8. The van der Waals surface area contributed by atoms with Crippen LogP contribution in [0.15, 0.2) is 47.1 Å². The highest BCUT2D eigenvalue weighted by Crippen LogP contribution is 2.41. The Morgan fingerprint density at radius 2 is 2.08 bits per heavy atom. The first-order chi connectivity index (χ1) is 11.6. The number of benzene rings is 1. The summed E-state index contributed by atoms with van der Waals surface area (Å²) in [5.41, 5.74) is 2.04. The van der Waals surface area contributed by atoms with Crippen molar-refractivity contribution in [3.05, 3.63) is 59.5 Å². The summed E-state index contributed by atoms with van der Waals surface area (Å²) in [7, 11) is 0. The zero-order valence-electron chi connectivity index (χ0n) is 13.6. The summed E-state index contributed by atoms with van der Waals surface area (Å²) in [6.45, 7) is 3.65. The monoisotopic (exact) mass is 345 g/mol. The molecule has 2 heterocycles. The molecule has 0 saturated carbocycles. The fourth-order valence-corrected chi connectivity index (χ4v) is 4.16. The Kier molecular flexibility index (Phi) is 4.94. The van der Waals surface area contributed by atoms with Crippen molar-refractivity contribution in [2.45, 2.75) is 31.9 Å². The third-order valence-electron chi connectivity index (χ3n) is 4.05. The summed E-state index contributed by atoms with van der Waals surface area (Å²) in [5, 5.41) is -0.284. The number of thioether (sulfide) groups is 1. The normalized spacial score (nSPS) is 20.2. The molecule has 2 aromatic rings. The van der Waals surface area contributed by atoms with Gasteiger partial charge in [0.15, 0.2) is 0 Å². The first kappa shape index (κ1) is 16.6. The number of carbonyl (C=O) groups is 2. The van der Waals surface area contributed by atoms with Crippen molar-refractivity contribution in [3.63, 3.8) is 0 Å². The zero-order chi connectivity index (χ0) is 17.1. The molecule has 0 spiro atoms. The lowest BCUT2D eigenvalue weighted by Gasteiger charge is -2.25. The van der Waals surface area contributed by atoms with Crippen LogP contribution in [0.25, 0.3) is 0 Å². The van der Waals surface area contributed by atoms with Crippen LogP contribution in [0.3, 0.4) is 0 Å². The molecule has 1 aromatic carbocycles. The van der Waals surface area contributed by atoms with Gasteiger partial charge in [0.05, 0.1) is 6.26 Å².